The Kier molecular flexibility index (Phi) is 3.54. The zero-order valence-electron chi connectivity index (χ0n) is 10.3. The maximum absolute atomic E-state index is 10.2. The molecule has 1 saturated carbocycles. The number of aryl methyl sites for hydroxylation is 2. The smallest absolute Gasteiger partial charge is 0.171 e. The molecule has 2 rings (SSSR count). The van der Waals surface area contributed by atoms with Gasteiger partial charge in [0.2, 0.25) is 0 Å². The number of aromatic nitrogens is 2. The van der Waals surface area contributed by atoms with Crippen molar-refractivity contribution in [3.8, 4) is 0 Å². The highest BCUT2D eigenvalue weighted by molar-refractivity contribution is 6.31. The van der Waals surface area contributed by atoms with Crippen LogP contribution in [-0.2, 0) is 0 Å². The molecule has 1 aromatic heterocycles. The monoisotopic (exact) mass is 255 g/mol. The fraction of sp³-hybridized carbons (Fsp3) is 0.667. The molecule has 0 bridgehead atoms. The first-order valence-corrected chi connectivity index (χ1v) is 6.35. The van der Waals surface area contributed by atoms with Crippen molar-refractivity contribution in [3.05, 3.63) is 16.5 Å². The van der Waals surface area contributed by atoms with Crippen LogP contribution in [0.4, 0.5) is 5.82 Å². The van der Waals surface area contributed by atoms with Crippen molar-refractivity contribution in [2.45, 2.75) is 45.1 Å². The van der Waals surface area contributed by atoms with E-state index in [0.29, 0.717) is 17.5 Å². The summed E-state index contributed by atoms with van der Waals surface area (Å²) in [5.41, 5.74) is 1.08. The zero-order valence-corrected chi connectivity index (χ0v) is 11.0. The zero-order chi connectivity index (χ0) is 12.5. The predicted octanol–water partition coefficient (Wildman–Crippen LogP) is 2.46. The van der Waals surface area contributed by atoms with Crippen LogP contribution in [0.1, 0.15) is 37.1 Å². The largest absolute Gasteiger partial charge is 0.388 e. The van der Waals surface area contributed by atoms with Crippen molar-refractivity contribution in [1.29, 1.82) is 0 Å². The van der Waals surface area contributed by atoms with Gasteiger partial charge in [-0.25, -0.2) is 9.97 Å². The van der Waals surface area contributed by atoms with Gasteiger partial charge in [-0.1, -0.05) is 24.4 Å². The summed E-state index contributed by atoms with van der Waals surface area (Å²) >= 11 is 6.01. The Labute approximate surface area is 106 Å². The van der Waals surface area contributed by atoms with Crippen LogP contribution in [0.2, 0.25) is 5.15 Å². The van der Waals surface area contributed by atoms with E-state index in [1.807, 2.05) is 13.8 Å². The van der Waals surface area contributed by atoms with Gasteiger partial charge in [-0.3, -0.25) is 0 Å². The summed E-state index contributed by atoms with van der Waals surface area (Å²) in [5, 5.41) is 13.7. The molecule has 0 aromatic carbocycles. The van der Waals surface area contributed by atoms with Crippen LogP contribution >= 0.6 is 11.6 Å². The molecule has 0 spiro atoms. The van der Waals surface area contributed by atoms with Gasteiger partial charge in [0, 0.05) is 6.54 Å². The first kappa shape index (κ1) is 12.6. The number of aliphatic hydroxyl groups is 1. The highest BCUT2D eigenvalue weighted by Gasteiger charge is 2.31. The van der Waals surface area contributed by atoms with E-state index in [1.165, 1.54) is 0 Å². The number of anilines is 1. The van der Waals surface area contributed by atoms with Crippen LogP contribution in [0, 0.1) is 13.8 Å². The molecule has 2 N–H and O–H groups in total. The molecule has 5 heteroatoms. The van der Waals surface area contributed by atoms with Crippen LogP contribution in [-0.4, -0.2) is 27.2 Å². The SMILES string of the molecule is Cc1nc(Cl)c(NCC2(O)CCCC2)nc1C. The fourth-order valence-corrected chi connectivity index (χ4v) is 2.38. The van der Waals surface area contributed by atoms with E-state index in [0.717, 1.165) is 37.1 Å². The number of halogens is 1. The van der Waals surface area contributed by atoms with E-state index in [2.05, 4.69) is 15.3 Å². The Bertz CT molecular complexity index is 416. The lowest BCUT2D eigenvalue weighted by atomic mass is 10.0. The second kappa shape index (κ2) is 4.78. The molecule has 0 amide bonds. The van der Waals surface area contributed by atoms with E-state index in [1.54, 1.807) is 0 Å². The summed E-state index contributed by atoms with van der Waals surface area (Å²) in [4.78, 5) is 8.55. The second-order valence-electron chi connectivity index (χ2n) is 4.82. The molecule has 1 heterocycles. The van der Waals surface area contributed by atoms with Gasteiger partial charge in [0.25, 0.3) is 0 Å². The van der Waals surface area contributed by atoms with E-state index >= 15 is 0 Å². The van der Waals surface area contributed by atoms with Gasteiger partial charge in [-0.05, 0) is 26.7 Å². The average Bonchev–Trinajstić information content (AvgIpc) is 2.69. The molecule has 4 nitrogen and oxygen atoms in total. The van der Waals surface area contributed by atoms with Gasteiger partial charge in [0.1, 0.15) is 0 Å². The molecule has 17 heavy (non-hydrogen) atoms. The Morgan fingerprint density at radius 1 is 1.24 bits per heavy atom. The third-order valence-corrected chi connectivity index (χ3v) is 3.65. The Hall–Kier alpha value is -0.870. The highest BCUT2D eigenvalue weighted by atomic mass is 35.5. The van der Waals surface area contributed by atoms with Crippen molar-refractivity contribution in [1.82, 2.24) is 9.97 Å². The van der Waals surface area contributed by atoms with Crippen molar-refractivity contribution >= 4 is 17.4 Å². The fourth-order valence-electron chi connectivity index (χ4n) is 2.15. The first-order valence-electron chi connectivity index (χ1n) is 5.97. The number of nitrogens with zero attached hydrogens (tertiary/aromatic N) is 2. The van der Waals surface area contributed by atoms with Crippen LogP contribution in [0.25, 0.3) is 0 Å². The van der Waals surface area contributed by atoms with Gasteiger partial charge in [-0.2, -0.15) is 0 Å². The summed E-state index contributed by atoms with van der Waals surface area (Å²) in [6.07, 6.45) is 3.86. The normalized spacial score (nSPS) is 18.4. The van der Waals surface area contributed by atoms with Crippen molar-refractivity contribution in [2.24, 2.45) is 0 Å². The second-order valence-corrected chi connectivity index (χ2v) is 5.18. The Morgan fingerprint density at radius 2 is 1.82 bits per heavy atom. The van der Waals surface area contributed by atoms with Gasteiger partial charge in [0.05, 0.1) is 17.0 Å². The maximum Gasteiger partial charge on any atom is 0.171 e. The van der Waals surface area contributed by atoms with Crippen LogP contribution < -0.4 is 5.32 Å². The quantitative estimate of drug-likeness (QED) is 0.871. The van der Waals surface area contributed by atoms with E-state index in [-0.39, 0.29) is 0 Å². The number of hydrogen-bond acceptors (Lipinski definition) is 4. The molecule has 0 atom stereocenters. The summed E-state index contributed by atoms with van der Waals surface area (Å²) in [6.45, 7) is 4.26. The third-order valence-electron chi connectivity index (χ3n) is 3.38. The summed E-state index contributed by atoms with van der Waals surface area (Å²) in [5.74, 6) is 0.565. The molecule has 1 aliphatic carbocycles. The molecule has 0 radical (unpaired) electrons. The molecule has 1 aliphatic rings. The van der Waals surface area contributed by atoms with E-state index in [9.17, 15) is 5.11 Å². The number of nitrogens with one attached hydrogen (secondary N) is 1. The lowest BCUT2D eigenvalue weighted by Gasteiger charge is -2.23. The topological polar surface area (TPSA) is 58.0 Å². The van der Waals surface area contributed by atoms with Crippen molar-refractivity contribution < 1.29 is 5.11 Å². The Balaban J connectivity index is 2.06. The van der Waals surface area contributed by atoms with Gasteiger partial charge < -0.3 is 10.4 Å². The molecule has 0 saturated heterocycles. The highest BCUT2D eigenvalue weighted by Crippen LogP contribution is 2.30. The lowest BCUT2D eigenvalue weighted by molar-refractivity contribution is 0.0614. The minimum Gasteiger partial charge on any atom is -0.388 e. The summed E-state index contributed by atoms with van der Waals surface area (Å²) in [6, 6.07) is 0. The molecule has 0 unspecified atom stereocenters. The number of hydrogen-bond donors (Lipinski definition) is 2. The minimum atomic E-state index is -0.607. The Morgan fingerprint density at radius 3 is 2.47 bits per heavy atom. The minimum absolute atomic E-state index is 0.370. The lowest BCUT2D eigenvalue weighted by Crippen LogP contribution is -2.33. The third kappa shape index (κ3) is 2.87. The maximum atomic E-state index is 10.2. The number of rotatable bonds is 3. The summed E-state index contributed by atoms with van der Waals surface area (Å²) < 4.78 is 0. The van der Waals surface area contributed by atoms with Gasteiger partial charge >= 0.3 is 0 Å². The van der Waals surface area contributed by atoms with Crippen molar-refractivity contribution in [3.63, 3.8) is 0 Å². The van der Waals surface area contributed by atoms with Crippen LogP contribution in [0.5, 0.6) is 0 Å². The van der Waals surface area contributed by atoms with Crippen LogP contribution in [0.15, 0.2) is 0 Å². The van der Waals surface area contributed by atoms with Crippen molar-refractivity contribution in [2.75, 3.05) is 11.9 Å². The molecule has 1 aromatic rings. The molecular formula is C12H18ClN3O. The summed E-state index contributed by atoms with van der Waals surface area (Å²) in [7, 11) is 0. The molecular weight excluding hydrogens is 238 g/mol. The van der Waals surface area contributed by atoms with Crippen LogP contribution in [0.3, 0.4) is 0 Å². The first-order chi connectivity index (χ1) is 8.00. The van der Waals surface area contributed by atoms with E-state index in [4.69, 9.17) is 11.6 Å². The molecule has 1 fully saturated rings. The van der Waals surface area contributed by atoms with E-state index < -0.39 is 5.60 Å². The molecule has 94 valence electrons. The standard InChI is InChI=1S/C12H18ClN3O/c1-8-9(2)16-11(10(13)15-8)14-7-12(17)5-3-4-6-12/h17H,3-7H2,1-2H3,(H,14,16). The predicted molar refractivity (Wildman–Crippen MR) is 68.4 cm³/mol. The molecule has 0 aliphatic heterocycles. The van der Waals surface area contributed by atoms with Gasteiger partial charge in [0.15, 0.2) is 11.0 Å². The average molecular weight is 256 g/mol. The van der Waals surface area contributed by atoms with Gasteiger partial charge in [-0.15, -0.1) is 0 Å².